The van der Waals surface area contributed by atoms with Crippen molar-refractivity contribution in [3.8, 4) is 0 Å². The van der Waals surface area contributed by atoms with Crippen molar-refractivity contribution in [2.24, 2.45) is 30.7 Å². The molecule has 5 rings (SSSR count). The first-order valence-electron chi connectivity index (χ1n) is 7.99. The Morgan fingerprint density at radius 3 is 2.68 bits per heavy atom. The van der Waals surface area contributed by atoms with Crippen LogP contribution < -0.4 is 0 Å². The van der Waals surface area contributed by atoms with Gasteiger partial charge in [0.2, 0.25) is 0 Å². The highest BCUT2D eigenvalue weighted by Gasteiger charge is 2.70. The molecule has 0 spiro atoms. The molecule has 0 radical (unpaired) electrons. The zero-order chi connectivity index (χ0) is 15.3. The van der Waals surface area contributed by atoms with E-state index in [1.807, 2.05) is 0 Å². The molecular weight excluding hydrogens is 304 g/mol. The lowest BCUT2D eigenvalue weighted by molar-refractivity contribution is -0.0838. The maximum Gasteiger partial charge on any atom is 0.271 e. The fourth-order valence-electron chi connectivity index (χ4n) is 6.05. The van der Waals surface area contributed by atoms with Gasteiger partial charge in [-0.15, -0.1) is 0 Å². The van der Waals surface area contributed by atoms with Gasteiger partial charge in [-0.3, -0.25) is 4.79 Å². The highest BCUT2D eigenvalue weighted by atomic mass is 35.5. The molecule has 4 fully saturated rings. The highest BCUT2D eigenvalue weighted by Crippen LogP contribution is 2.64. The SMILES string of the molecule is Cn1cc(Cl)cc1C(=O)N1[C@@H]2[C@H](O)[C@@H]3C[C@H]2[C@H]2[C@H](O)[C@@H]1C[C@H]32. The minimum Gasteiger partial charge on any atom is -0.391 e. The van der Waals surface area contributed by atoms with Gasteiger partial charge in [-0.1, -0.05) is 11.6 Å². The predicted octanol–water partition coefficient (Wildman–Crippen LogP) is 0.879. The number of hydrogen-bond acceptors (Lipinski definition) is 3. The van der Waals surface area contributed by atoms with E-state index in [0.717, 1.165) is 12.8 Å². The van der Waals surface area contributed by atoms with Crippen LogP contribution in [0.5, 0.6) is 0 Å². The average molecular weight is 323 g/mol. The molecule has 118 valence electrons. The Bertz CT molecular complexity index is 674. The minimum atomic E-state index is -0.441. The molecule has 1 aromatic heterocycles. The number of carbonyl (C=O) groups excluding carboxylic acids is 1. The molecule has 4 bridgehead atoms. The summed E-state index contributed by atoms with van der Waals surface area (Å²) < 4.78 is 1.72. The lowest BCUT2D eigenvalue weighted by Crippen LogP contribution is -2.62. The summed E-state index contributed by atoms with van der Waals surface area (Å²) in [5.41, 5.74) is 0.524. The summed E-state index contributed by atoms with van der Waals surface area (Å²) >= 11 is 6.01. The Labute approximate surface area is 133 Å². The van der Waals surface area contributed by atoms with E-state index in [0.29, 0.717) is 16.6 Å². The van der Waals surface area contributed by atoms with E-state index in [1.54, 1.807) is 28.8 Å². The molecule has 1 amide bonds. The number of carbonyl (C=O) groups is 1. The molecule has 1 aliphatic heterocycles. The van der Waals surface area contributed by atoms with Gasteiger partial charge < -0.3 is 19.7 Å². The van der Waals surface area contributed by atoms with Crippen LogP contribution in [-0.2, 0) is 7.05 Å². The smallest absolute Gasteiger partial charge is 0.271 e. The molecule has 1 saturated heterocycles. The third-order valence-electron chi connectivity index (χ3n) is 6.72. The summed E-state index contributed by atoms with van der Waals surface area (Å²) in [5, 5.41) is 21.8. The van der Waals surface area contributed by atoms with Crippen molar-refractivity contribution in [2.45, 2.75) is 37.1 Å². The topological polar surface area (TPSA) is 65.7 Å². The monoisotopic (exact) mass is 322 g/mol. The molecule has 0 aromatic carbocycles. The largest absolute Gasteiger partial charge is 0.391 e. The van der Waals surface area contributed by atoms with Crippen molar-refractivity contribution in [2.75, 3.05) is 0 Å². The number of halogens is 1. The van der Waals surface area contributed by atoms with Crippen LogP contribution in [0.15, 0.2) is 12.3 Å². The number of hydrogen-bond donors (Lipinski definition) is 2. The van der Waals surface area contributed by atoms with Crippen LogP contribution in [0.1, 0.15) is 23.3 Å². The molecule has 4 aliphatic rings. The van der Waals surface area contributed by atoms with E-state index in [1.165, 1.54) is 0 Å². The first-order valence-corrected chi connectivity index (χ1v) is 8.37. The third kappa shape index (κ3) is 1.36. The van der Waals surface area contributed by atoms with Crippen LogP contribution >= 0.6 is 11.6 Å². The van der Waals surface area contributed by atoms with E-state index in [2.05, 4.69) is 0 Å². The second-order valence-corrected chi connectivity index (χ2v) is 7.88. The molecule has 0 unspecified atom stereocenters. The number of aryl methyl sites for hydroxylation is 1. The van der Waals surface area contributed by atoms with Crippen molar-refractivity contribution in [3.63, 3.8) is 0 Å². The standard InChI is InChI=1S/C16H19ClN2O3/c1-18-5-6(17)2-11(18)16(22)19-10-4-7-8-3-9(12(7)15(10)21)13(19)14(8)20/h2,5,7-10,12-15,20-21H,3-4H2,1H3/t7-,8-,9+,10+,12+,13+,14-,15-/m1/s1. The number of piperidine rings is 1. The van der Waals surface area contributed by atoms with E-state index >= 15 is 0 Å². The van der Waals surface area contributed by atoms with Gasteiger partial charge in [-0.05, 0) is 42.6 Å². The number of fused-ring (bicyclic) bond motifs is 3. The summed E-state index contributed by atoms with van der Waals surface area (Å²) in [6.07, 6.45) is 2.60. The van der Waals surface area contributed by atoms with Gasteiger partial charge >= 0.3 is 0 Å². The lowest BCUT2D eigenvalue weighted by Gasteiger charge is -2.48. The van der Waals surface area contributed by atoms with Crippen LogP contribution in [-0.4, -0.2) is 49.9 Å². The fraction of sp³-hybridized carbons (Fsp3) is 0.688. The molecule has 8 atom stereocenters. The summed E-state index contributed by atoms with van der Waals surface area (Å²) in [6, 6.07) is 1.38. The number of likely N-dealkylation sites (tertiary alicyclic amines) is 1. The number of aromatic nitrogens is 1. The second-order valence-electron chi connectivity index (χ2n) is 7.45. The van der Waals surface area contributed by atoms with Crippen molar-refractivity contribution in [1.29, 1.82) is 0 Å². The Morgan fingerprint density at radius 1 is 1.23 bits per heavy atom. The maximum absolute atomic E-state index is 13.1. The molecule has 2 heterocycles. The Balaban J connectivity index is 1.60. The van der Waals surface area contributed by atoms with Gasteiger partial charge in [0.15, 0.2) is 0 Å². The minimum absolute atomic E-state index is 0.117. The van der Waals surface area contributed by atoms with Crippen molar-refractivity contribution in [3.05, 3.63) is 23.0 Å². The van der Waals surface area contributed by atoms with Gasteiger partial charge in [0.25, 0.3) is 5.91 Å². The Hall–Kier alpha value is -1.04. The predicted molar refractivity (Wildman–Crippen MR) is 79.4 cm³/mol. The zero-order valence-electron chi connectivity index (χ0n) is 12.3. The zero-order valence-corrected chi connectivity index (χ0v) is 13.0. The van der Waals surface area contributed by atoms with Gasteiger partial charge in [0.05, 0.1) is 29.3 Å². The Kier molecular flexibility index (Phi) is 2.48. The Morgan fingerprint density at radius 2 is 2.00 bits per heavy atom. The molecule has 5 nitrogen and oxygen atoms in total. The first-order chi connectivity index (χ1) is 10.5. The summed E-state index contributed by atoms with van der Waals surface area (Å²) in [5.74, 6) is 1.05. The first kappa shape index (κ1) is 13.4. The number of aliphatic hydroxyl groups excluding tert-OH is 2. The summed E-state index contributed by atoms with van der Waals surface area (Å²) in [4.78, 5) is 14.9. The molecule has 3 aliphatic carbocycles. The fourth-order valence-corrected chi connectivity index (χ4v) is 6.30. The molecule has 6 heteroatoms. The van der Waals surface area contributed by atoms with E-state index in [4.69, 9.17) is 11.6 Å². The van der Waals surface area contributed by atoms with Crippen molar-refractivity contribution < 1.29 is 15.0 Å². The van der Waals surface area contributed by atoms with E-state index < -0.39 is 12.2 Å². The van der Waals surface area contributed by atoms with Gasteiger partial charge in [0.1, 0.15) is 5.69 Å². The van der Waals surface area contributed by atoms with Crippen LogP contribution in [0.25, 0.3) is 0 Å². The van der Waals surface area contributed by atoms with E-state index in [-0.39, 0.29) is 35.7 Å². The van der Waals surface area contributed by atoms with Gasteiger partial charge in [-0.2, -0.15) is 0 Å². The third-order valence-corrected chi connectivity index (χ3v) is 6.92. The van der Waals surface area contributed by atoms with Crippen molar-refractivity contribution in [1.82, 2.24) is 9.47 Å². The normalized spacial score (nSPS) is 47.7. The molecule has 3 saturated carbocycles. The highest BCUT2D eigenvalue weighted by molar-refractivity contribution is 6.31. The van der Waals surface area contributed by atoms with Gasteiger partial charge in [0, 0.05) is 13.2 Å². The average Bonchev–Trinajstić information content (AvgIpc) is 3.11. The van der Waals surface area contributed by atoms with Crippen LogP contribution in [0.2, 0.25) is 5.02 Å². The lowest BCUT2D eigenvalue weighted by atomic mass is 9.75. The van der Waals surface area contributed by atoms with Crippen molar-refractivity contribution >= 4 is 17.5 Å². The molecule has 1 aromatic rings. The number of aliphatic hydroxyl groups is 2. The maximum atomic E-state index is 13.1. The van der Waals surface area contributed by atoms with Gasteiger partial charge in [-0.25, -0.2) is 0 Å². The molecule has 22 heavy (non-hydrogen) atoms. The number of nitrogens with zero attached hydrogens (tertiary/aromatic N) is 2. The van der Waals surface area contributed by atoms with Crippen LogP contribution in [0.4, 0.5) is 0 Å². The second kappa shape index (κ2) is 4.08. The number of rotatable bonds is 1. The molecular formula is C16H19ClN2O3. The summed E-state index contributed by atoms with van der Waals surface area (Å²) in [6.45, 7) is 0. The van der Waals surface area contributed by atoms with Crippen LogP contribution in [0.3, 0.4) is 0 Å². The summed E-state index contributed by atoms with van der Waals surface area (Å²) in [7, 11) is 1.80. The quantitative estimate of drug-likeness (QED) is 0.806. The molecule has 2 N–H and O–H groups in total. The van der Waals surface area contributed by atoms with E-state index in [9.17, 15) is 15.0 Å². The van der Waals surface area contributed by atoms with Crippen LogP contribution in [0, 0.1) is 23.7 Å². The number of amides is 1.